The lowest BCUT2D eigenvalue weighted by molar-refractivity contribution is -0.140. The molecule has 1 fully saturated rings. The minimum atomic E-state index is -0.603. The molecule has 0 aromatic heterocycles. The summed E-state index contributed by atoms with van der Waals surface area (Å²) in [7, 11) is 0. The van der Waals surface area contributed by atoms with Crippen molar-refractivity contribution in [2.75, 3.05) is 31.6 Å². The van der Waals surface area contributed by atoms with E-state index in [0.29, 0.717) is 30.6 Å². The molecular formula is C23H31N5O2. The summed E-state index contributed by atoms with van der Waals surface area (Å²) in [4.78, 5) is 19.8. The number of hydrogen-bond acceptors (Lipinski definition) is 7. The van der Waals surface area contributed by atoms with Crippen molar-refractivity contribution < 1.29 is 9.53 Å². The lowest BCUT2D eigenvalue weighted by Crippen LogP contribution is -2.59. The molecule has 3 rings (SSSR count). The van der Waals surface area contributed by atoms with E-state index in [1.807, 2.05) is 24.3 Å². The van der Waals surface area contributed by atoms with Gasteiger partial charge in [-0.3, -0.25) is 0 Å². The van der Waals surface area contributed by atoms with Crippen molar-refractivity contribution in [1.82, 2.24) is 10.2 Å². The highest BCUT2D eigenvalue weighted by Crippen LogP contribution is 2.33. The van der Waals surface area contributed by atoms with Crippen molar-refractivity contribution in [3.63, 3.8) is 0 Å². The van der Waals surface area contributed by atoms with Crippen LogP contribution in [0.2, 0.25) is 0 Å². The highest BCUT2D eigenvalue weighted by molar-refractivity contribution is 6.12. The van der Waals surface area contributed by atoms with Crippen LogP contribution in [-0.2, 0) is 9.53 Å². The van der Waals surface area contributed by atoms with Crippen LogP contribution in [0.4, 0.5) is 11.4 Å². The number of nitrogens with zero attached hydrogens (tertiary/aromatic N) is 3. The van der Waals surface area contributed by atoms with E-state index in [1.54, 1.807) is 0 Å². The van der Waals surface area contributed by atoms with E-state index in [0.717, 1.165) is 37.3 Å². The molecule has 2 aliphatic heterocycles. The van der Waals surface area contributed by atoms with Gasteiger partial charge >= 0.3 is 5.97 Å². The van der Waals surface area contributed by atoms with Gasteiger partial charge in [0.2, 0.25) is 0 Å². The van der Waals surface area contributed by atoms with Crippen LogP contribution < -0.4 is 10.6 Å². The Morgan fingerprint density at radius 2 is 2.07 bits per heavy atom. The SMILES string of the molecule is CCC(CC)COC(=O)C(C#N)=C1Nc2ccccc2N=C1N1CCNC(C)(C)C1. The Morgan fingerprint density at radius 1 is 1.33 bits per heavy atom. The summed E-state index contributed by atoms with van der Waals surface area (Å²) in [6.45, 7) is 10.9. The van der Waals surface area contributed by atoms with E-state index in [1.165, 1.54) is 0 Å². The quantitative estimate of drug-likeness (QED) is 0.439. The number of anilines is 1. The van der Waals surface area contributed by atoms with Gasteiger partial charge in [-0.25, -0.2) is 9.79 Å². The molecule has 30 heavy (non-hydrogen) atoms. The normalized spacial score (nSPS) is 19.3. The van der Waals surface area contributed by atoms with Crippen LogP contribution >= 0.6 is 0 Å². The molecular weight excluding hydrogens is 378 g/mol. The first kappa shape index (κ1) is 21.8. The fourth-order valence-electron chi connectivity index (χ4n) is 3.76. The van der Waals surface area contributed by atoms with E-state index >= 15 is 0 Å². The second-order valence-corrected chi connectivity index (χ2v) is 8.45. The molecule has 0 atom stereocenters. The van der Waals surface area contributed by atoms with E-state index < -0.39 is 5.97 Å². The number of para-hydroxylation sites is 2. The van der Waals surface area contributed by atoms with Crippen LogP contribution in [0.15, 0.2) is 40.5 Å². The standard InChI is InChI=1S/C23H31N5O2/c1-5-16(6-2)14-30-22(29)17(13-24)20-21(28-12-11-25-23(3,4)15-28)27-19-10-8-7-9-18(19)26-20/h7-10,16,25-26H,5-6,11-12,14-15H2,1-4H3. The van der Waals surface area contributed by atoms with Crippen molar-refractivity contribution in [3.05, 3.63) is 35.5 Å². The Hall–Kier alpha value is -2.85. The monoisotopic (exact) mass is 409 g/mol. The summed E-state index contributed by atoms with van der Waals surface area (Å²) in [6, 6.07) is 9.70. The van der Waals surface area contributed by atoms with Gasteiger partial charge in [-0.05, 0) is 31.9 Å². The second kappa shape index (κ2) is 9.31. The predicted molar refractivity (Wildman–Crippen MR) is 118 cm³/mol. The van der Waals surface area contributed by atoms with E-state index in [4.69, 9.17) is 9.73 Å². The number of piperazine rings is 1. The minimum Gasteiger partial charge on any atom is -0.461 e. The third-order valence-corrected chi connectivity index (χ3v) is 5.66. The van der Waals surface area contributed by atoms with Crippen LogP contribution in [-0.4, -0.2) is 48.5 Å². The molecule has 7 heteroatoms. The highest BCUT2D eigenvalue weighted by Gasteiger charge is 2.33. The smallest absolute Gasteiger partial charge is 0.351 e. The number of aliphatic imine (C=N–C) groups is 1. The number of rotatable bonds is 5. The molecule has 1 aromatic carbocycles. The van der Waals surface area contributed by atoms with Crippen molar-refractivity contribution in [2.24, 2.45) is 10.9 Å². The molecule has 0 spiro atoms. The van der Waals surface area contributed by atoms with Crippen molar-refractivity contribution in [1.29, 1.82) is 5.26 Å². The Morgan fingerprint density at radius 3 is 2.73 bits per heavy atom. The molecule has 0 bridgehead atoms. The minimum absolute atomic E-state index is 0.0365. The van der Waals surface area contributed by atoms with Gasteiger partial charge in [0.05, 0.1) is 18.0 Å². The summed E-state index contributed by atoms with van der Waals surface area (Å²) in [5, 5.41) is 16.6. The maximum absolute atomic E-state index is 12.8. The molecule has 0 radical (unpaired) electrons. The molecule has 0 unspecified atom stereocenters. The maximum atomic E-state index is 12.8. The van der Waals surface area contributed by atoms with Gasteiger partial charge < -0.3 is 20.3 Å². The first-order chi connectivity index (χ1) is 14.4. The molecule has 0 aliphatic carbocycles. The third kappa shape index (κ3) is 4.82. The molecule has 2 heterocycles. The number of hydrogen-bond donors (Lipinski definition) is 2. The second-order valence-electron chi connectivity index (χ2n) is 8.45. The fraction of sp³-hybridized carbons (Fsp3) is 0.522. The van der Waals surface area contributed by atoms with Gasteiger partial charge in [0.1, 0.15) is 11.8 Å². The number of ether oxygens (including phenoxy) is 1. The van der Waals surface area contributed by atoms with Gasteiger partial charge in [-0.15, -0.1) is 0 Å². The van der Waals surface area contributed by atoms with Crippen molar-refractivity contribution >= 4 is 23.2 Å². The van der Waals surface area contributed by atoms with Crippen LogP contribution in [0.5, 0.6) is 0 Å². The largest absolute Gasteiger partial charge is 0.461 e. The molecule has 2 N–H and O–H groups in total. The summed E-state index contributed by atoms with van der Waals surface area (Å²) in [5.74, 6) is 0.300. The van der Waals surface area contributed by atoms with Crippen LogP contribution in [0, 0.1) is 17.2 Å². The molecule has 1 saturated heterocycles. The van der Waals surface area contributed by atoms with Gasteiger partial charge in [0, 0.05) is 25.2 Å². The van der Waals surface area contributed by atoms with Gasteiger partial charge in [-0.2, -0.15) is 5.26 Å². The molecule has 0 amide bonds. The lowest BCUT2D eigenvalue weighted by atomic mass is 10.0. The number of benzene rings is 1. The Bertz CT molecular complexity index is 893. The number of carbonyl (C=O) groups excluding carboxylic acids is 1. The first-order valence-corrected chi connectivity index (χ1v) is 10.6. The average molecular weight is 410 g/mol. The maximum Gasteiger partial charge on any atom is 0.351 e. The number of esters is 1. The Kier molecular flexibility index (Phi) is 6.78. The lowest BCUT2D eigenvalue weighted by Gasteiger charge is -2.42. The van der Waals surface area contributed by atoms with Gasteiger partial charge in [-0.1, -0.05) is 38.8 Å². The summed E-state index contributed by atoms with van der Waals surface area (Å²) < 4.78 is 5.51. The Balaban J connectivity index is 1.98. The zero-order valence-corrected chi connectivity index (χ0v) is 18.3. The number of carbonyl (C=O) groups is 1. The average Bonchev–Trinajstić information content (AvgIpc) is 2.73. The number of nitrogens with one attached hydrogen (secondary N) is 2. The van der Waals surface area contributed by atoms with Gasteiger partial charge in [0.15, 0.2) is 11.4 Å². The summed E-state index contributed by atoms with van der Waals surface area (Å²) in [6.07, 6.45) is 1.85. The van der Waals surface area contributed by atoms with E-state index in [-0.39, 0.29) is 11.1 Å². The highest BCUT2D eigenvalue weighted by atomic mass is 16.5. The van der Waals surface area contributed by atoms with Gasteiger partial charge in [0.25, 0.3) is 0 Å². The number of amidine groups is 1. The third-order valence-electron chi connectivity index (χ3n) is 5.66. The zero-order chi connectivity index (χ0) is 21.7. The molecule has 160 valence electrons. The van der Waals surface area contributed by atoms with Crippen molar-refractivity contribution in [3.8, 4) is 6.07 Å². The summed E-state index contributed by atoms with van der Waals surface area (Å²) >= 11 is 0. The summed E-state index contributed by atoms with van der Waals surface area (Å²) in [5.41, 5.74) is 1.83. The molecule has 0 saturated carbocycles. The molecule has 1 aromatic rings. The van der Waals surface area contributed by atoms with Crippen LogP contribution in [0.1, 0.15) is 40.5 Å². The number of fused-ring (bicyclic) bond motifs is 1. The van der Waals surface area contributed by atoms with Crippen molar-refractivity contribution in [2.45, 2.75) is 46.1 Å². The van der Waals surface area contributed by atoms with Crippen LogP contribution in [0.3, 0.4) is 0 Å². The van der Waals surface area contributed by atoms with E-state index in [9.17, 15) is 10.1 Å². The predicted octanol–water partition coefficient (Wildman–Crippen LogP) is 3.58. The number of nitriles is 1. The van der Waals surface area contributed by atoms with Crippen LogP contribution in [0.25, 0.3) is 0 Å². The topological polar surface area (TPSA) is 89.8 Å². The molecule has 2 aliphatic rings. The zero-order valence-electron chi connectivity index (χ0n) is 18.3. The fourth-order valence-corrected chi connectivity index (χ4v) is 3.76. The first-order valence-electron chi connectivity index (χ1n) is 10.6. The Labute approximate surface area is 178 Å². The van der Waals surface area contributed by atoms with E-state index in [2.05, 4.69) is 49.3 Å². The molecule has 7 nitrogen and oxygen atoms in total.